The molecule has 78 valence electrons. The van der Waals surface area contributed by atoms with Crippen molar-refractivity contribution >= 4 is 34.1 Å². The van der Waals surface area contributed by atoms with Crippen LogP contribution in [-0.2, 0) is 0 Å². The fraction of sp³-hybridized carbons (Fsp3) is 0.273. The second kappa shape index (κ2) is 3.95. The Kier molecular flexibility index (Phi) is 2.81. The fourth-order valence-corrected chi connectivity index (χ4v) is 1.89. The fourth-order valence-electron chi connectivity index (χ4n) is 1.54. The highest BCUT2D eigenvalue weighted by atomic mass is 35.5. The Morgan fingerprint density at radius 3 is 2.53 bits per heavy atom. The summed E-state index contributed by atoms with van der Waals surface area (Å²) in [6, 6.07) is 5.58. The largest absolute Gasteiger partial charge is 0.223 e. The lowest BCUT2D eigenvalue weighted by Gasteiger charge is -2.08. The van der Waals surface area contributed by atoms with Gasteiger partial charge in [0.2, 0.25) is 5.28 Å². The first kappa shape index (κ1) is 10.7. The van der Waals surface area contributed by atoms with E-state index in [1.165, 1.54) is 0 Å². The standard InChI is InChI=1S/C11H10Cl2N2/c1-6(2)10-8-4-3-7(12)5-9(8)14-11(13)15-10/h3-6H,1-2H3. The molecule has 0 fully saturated rings. The van der Waals surface area contributed by atoms with Crippen LogP contribution >= 0.6 is 23.2 Å². The second-order valence-electron chi connectivity index (χ2n) is 3.69. The molecule has 0 unspecified atom stereocenters. The molecule has 1 aromatic heterocycles. The van der Waals surface area contributed by atoms with E-state index in [2.05, 4.69) is 23.8 Å². The zero-order valence-corrected chi connectivity index (χ0v) is 9.97. The molecule has 0 amide bonds. The van der Waals surface area contributed by atoms with Crippen molar-refractivity contribution in [1.29, 1.82) is 0 Å². The molecule has 0 saturated heterocycles. The van der Waals surface area contributed by atoms with Crippen LogP contribution in [0.2, 0.25) is 10.3 Å². The first-order chi connectivity index (χ1) is 7.08. The van der Waals surface area contributed by atoms with Gasteiger partial charge in [-0.05, 0) is 35.7 Å². The van der Waals surface area contributed by atoms with Gasteiger partial charge in [0.05, 0.1) is 11.2 Å². The van der Waals surface area contributed by atoms with Crippen molar-refractivity contribution in [1.82, 2.24) is 9.97 Å². The molecule has 2 aromatic rings. The van der Waals surface area contributed by atoms with Gasteiger partial charge in [0, 0.05) is 10.4 Å². The molecule has 0 N–H and O–H groups in total. The molecular formula is C11H10Cl2N2. The third-order valence-corrected chi connectivity index (χ3v) is 2.61. The van der Waals surface area contributed by atoms with Crippen molar-refractivity contribution in [3.63, 3.8) is 0 Å². The maximum atomic E-state index is 5.90. The van der Waals surface area contributed by atoms with Crippen LogP contribution in [-0.4, -0.2) is 9.97 Å². The van der Waals surface area contributed by atoms with Gasteiger partial charge in [0.1, 0.15) is 0 Å². The minimum absolute atomic E-state index is 0.272. The Morgan fingerprint density at radius 2 is 1.87 bits per heavy atom. The lowest BCUT2D eigenvalue weighted by molar-refractivity contribution is 0.829. The van der Waals surface area contributed by atoms with E-state index in [1.54, 1.807) is 6.07 Å². The highest BCUT2D eigenvalue weighted by molar-refractivity contribution is 6.31. The molecule has 2 nitrogen and oxygen atoms in total. The summed E-state index contributed by atoms with van der Waals surface area (Å²) in [5.41, 5.74) is 1.76. The zero-order valence-electron chi connectivity index (χ0n) is 8.46. The Labute approximate surface area is 98.3 Å². The summed E-state index contributed by atoms with van der Waals surface area (Å²) in [5, 5.41) is 1.94. The smallest absolute Gasteiger partial charge is 0.222 e. The van der Waals surface area contributed by atoms with Gasteiger partial charge >= 0.3 is 0 Å². The van der Waals surface area contributed by atoms with Gasteiger partial charge in [-0.2, -0.15) is 0 Å². The van der Waals surface area contributed by atoms with Crippen molar-refractivity contribution in [2.24, 2.45) is 0 Å². The van der Waals surface area contributed by atoms with Gasteiger partial charge in [0.25, 0.3) is 0 Å². The third kappa shape index (κ3) is 2.06. The van der Waals surface area contributed by atoms with E-state index in [0.717, 1.165) is 16.6 Å². The van der Waals surface area contributed by atoms with E-state index in [9.17, 15) is 0 Å². The van der Waals surface area contributed by atoms with E-state index in [1.807, 2.05) is 12.1 Å². The Balaban J connectivity index is 2.80. The molecule has 2 rings (SSSR count). The van der Waals surface area contributed by atoms with Crippen LogP contribution in [0, 0.1) is 0 Å². The van der Waals surface area contributed by atoms with Crippen LogP contribution < -0.4 is 0 Å². The van der Waals surface area contributed by atoms with E-state index in [-0.39, 0.29) is 5.28 Å². The molecule has 0 saturated carbocycles. The van der Waals surface area contributed by atoms with Crippen LogP contribution in [0.4, 0.5) is 0 Å². The topological polar surface area (TPSA) is 25.8 Å². The highest BCUT2D eigenvalue weighted by Gasteiger charge is 2.09. The summed E-state index contributed by atoms with van der Waals surface area (Å²) >= 11 is 11.8. The number of aromatic nitrogens is 2. The van der Waals surface area contributed by atoms with Crippen LogP contribution in [0.1, 0.15) is 25.5 Å². The number of nitrogens with zero attached hydrogens (tertiary/aromatic N) is 2. The Bertz CT molecular complexity index is 504. The van der Waals surface area contributed by atoms with Crippen LogP contribution in [0.5, 0.6) is 0 Å². The first-order valence-corrected chi connectivity index (χ1v) is 5.46. The molecule has 0 radical (unpaired) electrons. The van der Waals surface area contributed by atoms with E-state index in [0.29, 0.717) is 10.9 Å². The second-order valence-corrected chi connectivity index (χ2v) is 4.47. The number of fused-ring (bicyclic) bond motifs is 1. The molecule has 1 aromatic carbocycles. The molecule has 0 bridgehead atoms. The molecule has 0 atom stereocenters. The first-order valence-electron chi connectivity index (χ1n) is 4.70. The van der Waals surface area contributed by atoms with Crippen molar-refractivity contribution in [3.05, 3.63) is 34.2 Å². The lowest BCUT2D eigenvalue weighted by Crippen LogP contribution is -1.97. The van der Waals surface area contributed by atoms with E-state index < -0.39 is 0 Å². The maximum Gasteiger partial charge on any atom is 0.223 e. The molecule has 4 heteroatoms. The summed E-state index contributed by atoms with van der Waals surface area (Å²) in [6.07, 6.45) is 0. The average molecular weight is 241 g/mol. The average Bonchev–Trinajstić information content (AvgIpc) is 2.15. The summed E-state index contributed by atoms with van der Waals surface area (Å²) in [4.78, 5) is 8.39. The monoisotopic (exact) mass is 240 g/mol. The quantitative estimate of drug-likeness (QED) is 0.703. The molecule has 0 spiro atoms. The highest BCUT2D eigenvalue weighted by Crippen LogP contribution is 2.26. The SMILES string of the molecule is CC(C)c1nc(Cl)nc2cc(Cl)ccc12. The normalized spacial score (nSPS) is 11.3. The van der Waals surface area contributed by atoms with Gasteiger partial charge in [-0.15, -0.1) is 0 Å². The molecule has 1 heterocycles. The minimum atomic E-state index is 0.272. The molecule has 0 aliphatic heterocycles. The number of benzene rings is 1. The van der Waals surface area contributed by atoms with Crippen molar-refractivity contribution in [2.75, 3.05) is 0 Å². The van der Waals surface area contributed by atoms with Crippen molar-refractivity contribution in [2.45, 2.75) is 19.8 Å². The number of hydrogen-bond acceptors (Lipinski definition) is 2. The van der Waals surface area contributed by atoms with Gasteiger partial charge < -0.3 is 0 Å². The number of hydrogen-bond donors (Lipinski definition) is 0. The van der Waals surface area contributed by atoms with E-state index in [4.69, 9.17) is 23.2 Å². The Morgan fingerprint density at radius 1 is 1.13 bits per heavy atom. The number of rotatable bonds is 1. The minimum Gasteiger partial charge on any atom is -0.222 e. The number of halogens is 2. The summed E-state index contributed by atoms with van der Waals surface area (Å²) in [7, 11) is 0. The molecular weight excluding hydrogens is 231 g/mol. The predicted molar refractivity (Wildman–Crippen MR) is 63.6 cm³/mol. The van der Waals surface area contributed by atoms with Crippen LogP contribution in [0.25, 0.3) is 10.9 Å². The zero-order chi connectivity index (χ0) is 11.0. The lowest BCUT2D eigenvalue weighted by atomic mass is 10.1. The van der Waals surface area contributed by atoms with Gasteiger partial charge in [-0.1, -0.05) is 25.4 Å². The van der Waals surface area contributed by atoms with Gasteiger partial charge in [-0.25, -0.2) is 9.97 Å². The van der Waals surface area contributed by atoms with Crippen LogP contribution in [0.15, 0.2) is 18.2 Å². The van der Waals surface area contributed by atoms with Gasteiger partial charge in [-0.3, -0.25) is 0 Å². The van der Waals surface area contributed by atoms with Crippen molar-refractivity contribution < 1.29 is 0 Å². The van der Waals surface area contributed by atoms with E-state index >= 15 is 0 Å². The van der Waals surface area contributed by atoms with Crippen LogP contribution in [0.3, 0.4) is 0 Å². The summed E-state index contributed by atoms with van der Waals surface area (Å²) < 4.78 is 0. The predicted octanol–water partition coefficient (Wildman–Crippen LogP) is 4.06. The summed E-state index contributed by atoms with van der Waals surface area (Å²) in [5.74, 6) is 0.314. The van der Waals surface area contributed by atoms with Gasteiger partial charge in [0.15, 0.2) is 0 Å². The Hall–Kier alpha value is -0.860. The third-order valence-electron chi connectivity index (χ3n) is 2.21. The molecule has 0 aliphatic carbocycles. The maximum absolute atomic E-state index is 5.90. The van der Waals surface area contributed by atoms with Crippen molar-refractivity contribution in [3.8, 4) is 0 Å². The summed E-state index contributed by atoms with van der Waals surface area (Å²) in [6.45, 7) is 4.15. The molecule has 15 heavy (non-hydrogen) atoms. The molecule has 0 aliphatic rings.